The summed E-state index contributed by atoms with van der Waals surface area (Å²) in [6.07, 6.45) is 0. The lowest BCUT2D eigenvalue weighted by molar-refractivity contribution is 0.102. The summed E-state index contributed by atoms with van der Waals surface area (Å²) in [5.74, 6) is -0.166. The van der Waals surface area contributed by atoms with Gasteiger partial charge >= 0.3 is 0 Å². The van der Waals surface area contributed by atoms with Crippen LogP contribution in [-0.2, 0) is 0 Å². The molecule has 1 amide bonds. The topological polar surface area (TPSA) is 54.9 Å². The number of fused-ring (bicyclic) bond motifs is 1. The third-order valence-electron chi connectivity index (χ3n) is 2.99. The molecule has 0 unspecified atom stereocenters. The van der Waals surface area contributed by atoms with E-state index in [-0.39, 0.29) is 5.91 Å². The maximum atomic E-state index is 12.4. The number of nitrogens with one attached hydrogen (secondary N) is 1. The van der Waals surface area contributed by atoms with Crippen molar-refractivity contribution in [3.8, 4) is 0 Å². The van der Waals surface area contributed by atoms with Gasteiger partial charge in [0.25, 0.3) is 5.91 Å². The van der Waals surface area contributed by atoms with E-state index in [0.29, 0.717) is 5.56 Å². The normalized spacial score (nSPS) is 10.7. The summed E-state index contributed by atoms with van der Waals surface area (Å²) >= 11 is 4.53. The predicted octanol–water partition coefficient (Wildman–Crippen LogP) is 4.01. The average molecular weight is 348 g/mol. The Kier molecular flexibility index (Phi) is 3.50. The number of hydrogen-bond donors (Lipinski definition) is 1. The molecule has 20 heavy (non-hydrogen) atoms. The number of aryl methyl sites for hydroxylation is 1. The summed E-state index contributed by atoms with van der Waals surface area (Å²) in [5, 5.41) is 2.93. The molecule has 100 valence electrons. The van der Waals surface area contributed by atoms with Crippen molar-refractivity contribution >= 4 is 50.3 Å². The number of carbonyl (C=O) groups is 1. The molecule has 1 aromatic heterocycles. The average Bonchev–Trinajstić information content (AvgIpc) is 2.91. The van der Waals surface area contributed by atoms with Crippen LogP contribution in [0.5, 0.6) is 0 Å². The summed E-state index contributed by atoms with van der Waals surface area (Å²) in [6.45, 7) is 1.94. The first kappa shape index (κ1) is 13.2. The van der Waals surface area contributed by atoms with Gasteiger partial charge in [-0.3, -0.25) is 4.79 Å². The van der Waals surface area contributed by atoms with Gasteiger partial charge in [0.05, 0.1) is 23.0 Å². The monoisotopic (exact) mass is 347 g/mol. The molecule has 0 atom stereocenters. The van der Waals surface area contributed by atoms with Crippen LogP contribution in [0.15, 0.2) is 40.9 Å². The van der Waals surface area contributed by atoms with Gasteiger partial charge in [0.2, 0.25) is 0 Å². The SMILES string of the molecule is Cc1ccc2nsnc2c1NC(=O)c1ccccc1Br. The van der Waals surface area contributed by atoms with Crippen LogP contribution in [-0.4, -0.2) is 14.7 Å². The van der Waals surface area contributed by atoms with Crippen LogP contribution in [0.1, 0.15) is 15.9 Å². The lowest BCUT2D eigenvalue weighted by atomic mass is 10.1. The number of carbonyl (C=O) groups excluding carboxylic acids is 1. The highest BCUT2D eigenvalue weighted by molar-refractivity contribution is 9.10. The van der Waals surface area contributed by atoms with Gasteiger partial charge in [-0.05, 0) is 46.6 Å². The van der Waals surface area contributed by atoms with E-state index in [1.165, 1.54) is 0 Å². The quantitative estimate of drug-likeness (QED) is 0.761. The van der Waals surface area contributed by atoms with Crippen LogP contribution >= 0.6 is 27.7 Å². The van der Waals surface area contributed by atoms with Crippen LogP contribution in [0.25, 0.3) is 11.0 Å². The van der Waals surface area contributed by atoms with Gasteiger partial charge in [-0.1, -0.05) is 18.2 Å². The molecule has 3 rings (SSSR count). The third-order valence-corrected chi connectivity index (χ3v) is 4.23. The van der Waals surface area contributed by atoms with Gasteiger partial charge in [-0.25, -0.2) is 0 Å². The fraction of sp³-hybridized carbons (Fsp3) is 0.0714. The molecule has 0 fully saturated rings. The molecule has 0 spiro atoms. The van der Waals surface area contributed by atoms with Gasteiger partial charge in [0.1, 0.15) is 11.0 Å². The van der Waals surface area contributed by atoms with Crippen molar-refractivity contribution in [2.45, 2.75) is 6.92 Å². The highest BCUT2D eigenvalue weighted by atomic mass is 79.9. The molecule has 0 aliphatic carbocycles. The minimum atomic E-state index is -0.166. The minimum absolute atomic E-state index is 0.166. The summed E-state index contributed by atoms with van der Waals surface area (Å²) < 4.78 is 9.20. The molecule has 0 saturated heterocycles. The number of nitrogens with zero attached hydrogens (tertiary/aromatic N) is 2. The van der Waals surface area contributed by atoms with E-state index in [0.717, 1.165) is 38.5 Å². The van der Waals surface area contributed by atoms with E-state index < -0.39 is 0 Å². The Morgan fingerprint density at radius 2 is 2.00 bits per heavy atom. The van der Waals surface area contributed by atoms with Crippen molar-refractivity contribution in [3.05, 3.63) is 52.0 Å². The Bertz CT molecular complexity index is 800. The molecule has 6 heteroatoms. The zero-order valence-corrected chi connectivity index (χ0v) is 13.0. The van der Waals surface area contributed by atoms with Crippen LogP contribution in [0.4, 0.5) is 5.69 Å². The first-order chi connectivity index (χ1) is 9.66. The van der Waals surface area contributed by atoms with Crippen molar-refractivity contribution in [2.24, 2.45) is 0 Å². The van der Waals surface area contributed by atoms with E-state index in [9.17, 15) is 4.79 Å². The molecule has 2 aromatic carbocycles. The standard InChI is InChI=1S/C14H10BrN3OS/c1-8-6-7-11-13(18-20-17-11)12(8)16-14(19)9-4-2-3-5-10(9)15/h2-7H,1H3,(H,16,19). The van der Waals surface area contributed by atoms with E-state index in [4.69, 9.17) is 0 Å². The highest BCUT2D eigenvalue weighted by Gasteiger charge is 2.14. The van der Waals surface area contributed by atoms with Gasteiger partial charge in [-0.15, -0.1) is 0 Å². The fourth-order valence-electron chi connectivity index (χ4n) is 1.94. The number of aromatic nitrogens is 2. The minimum Gasteiger partial charge on any atom is -0.320 e. The van der Waals surface area contributed by atoms with Gasteiger partial charge in [-0.2, -0.15) is 8.75 Å². The molecule has 0 aliphatic heterocycles. The summed E-state index contributed by atoms with van der Waals surface area (Å²) in [4.78, 5) is 12.4. The van der Waals surface area contributed by atoms with Crippen LogP contribution < -0.4 is 5.32 Å². The number of anilines is 1. The van der Waals surface area contributed by atoms with Crippen molar-refractivity contribution in [2.75, 3.05) is 5.32 Å². The van der Waals surface area contributed by atoms with Crippen molar-refractivity contribution in [3.63, 3.8) is 0 Å². The molecular weight excluding hydrogens is 338 g/mol. The Hall–Kier alpha value is -1.79. The first-order valence-corrected chi connectivity index (χ1v) is 7.47. The first-order valence-electron chi connectivity index (χ1n) is 5.94. The predicted molar refractivity (Wildman–Crippen MR) is 84.2 cm³/mol. The Morgan fingerprint density at radius 3 is 2.80 bits per heavy atom. The molecule has 0 radical (unpaired) electrons. The van der Waals surface area contributed by atoms with Crippen molar-refractivity contribution in [1.82, 2.24) is 8.75 Å². The number of rotatable bonds is 2. The van der Waals surface area contributed by atoms with Crippen LogP contribution in [0.2, 0.25) is 0 Å². The van der Waals surface area contributed by atoms with Crippen molar-refractivity contribution < 1.29 is 4.79 Å². The largest absolute Gasteiger partial charge is 0.320 e. The van der Waals surface area contributed by atoms with E-state index in [1.807, 2.05) is 37.3 Å². The van der Waals surface area contributed by atoms with E-state index in [2.05, 4.69) is 30.0 Å². The zero-order valence-electron chi connectivity index (χ0n) is 10.6. The maximum absolute atomic E-state index is 12.4. The van der Waals surface area contributed by atoms with Gasteiger partial charge in [0, 0.05) is 4.47 Å². The van der Waals surface area contributed by atoms with E-state index in [1.54, 1.807) is 6.07 Å². The number of hydrogen-bond acceptors (Lipinski definition) is 4. The lowest BCUT2D eigenvalue weighted by Gasteiger charge is -2.09. The molecule has 4 nitrogen and oxygen atoms in total. The third kappa shape index (κ3) is 2.32. The van der Waals surface area contributed by atoms with Crippen LogP contribution in [0.3, 0.4) is 0 Å². The smallest absolute Gasteiger partial charge is 0.256 e. The molecule has 0 saturated carbocycles. The Morgan fingerprint density at radius 1 is 1.20 bits per heavy atom. The summed E-state index contributed by atoms with van der Waals surface area (Å²) in [6, 6.07) is 11.2. The second-order valence-electron chi connectivity index (χ2n) is 4.32. The number of benzene rings is 2. The second kappa shape index (κ2) is 5.30. The fourth-order valence-corrected chi connectivity index (χ4v) is 2.94. The molecule has 0 bridgehead atoms. The Balaban J connectivity index is 2.01. The number of amides is 1. The molecule has 3 aromatic rings. The second-order valence-corrected chi connectivity index (χ2v) is 5.71. The Labute approximate surface area is 128 Å². The van der Waals surface area contributed by atoms with Crippen LogP contribution in [0, 0.1) is 6.92 Å². The molecular formula is C14H10BrN3OS. The summed E-state index contributed by atoms with van der Waals surface area (Å²) in [5.41, 5.74) is 3.80. The van der Waals surface area contributed by atoms with E-state index >= 15 is 0 Å². The summed E-state index contributed by atoms with van der Waals surface area (Å²) in [7, 11) is 0. The zero-order chi connectivity index (χ0) is 14.1. The number of halogens is 1. The van der Waals surface area contributed by atoms with Gasteiger partial charge < -0.3 is 5.32 Å². The highest BCUT2D eigenvalue weighted by Crippen LogP contribution is 2.27. The van der Waals surface area contributed by atoms with Crippen molar-refractivity contribution in [1.29, 1.82) is 0 Å². The molecule has 1 heterocycles. The molecule has 0 aliphatic rings. The molecule has 1 N–H and O–H groups in total. The lowest BCUT2D eigenvalue weighted by Crippen LogP contribution is -2.13. The van der Waals surface area contributed by atoms with Gasteiger partial charge in [0.15, 0.2) is 0 Å². The maximum Gasteiger partial charge on any atom is 0.256 e.